The van der Waals surface area contributed by atoms with Gasteiger partial charge >= 0.3 is 0 Å². The summed E-state index contributed by atoms with van der Waals surface area (Å²) in [5.41, 5.74) is 8.53. The van der Waals surface area contributed by atoms with Crippen LogP contribution in [-0.2, 0) is 0 Å². The number of hydrogen-bond donors (Lipinski definition) is 0. The van der Waals surface area contributed by atoms with Gasteiger partial charge < -0.3 is 0 Å². The monoisotopic (exact) mass is 278 g/mol. The lowest BCUT2D eigenvalue weighted by atomic mass is 9.82. The van der Waals surface area contributed by atoms with Gasteiger partial charge in [0, 0.05) is 0 Å². The van der Waals surface area contributed by atoms with Crippen molar-refractivity contribution in [3.8, 4) is 0 Å². The minimum absolute atomic E-state index is 0.190. The van der Waals surface area contributed by atoms with Crippen molar-refractivity contribution in [3.63, 3.8) is 0 Å². The molecule has 0 aliphatic heterocycles. The summed E-state index contributed by atoms with van der Waals surface area (Å²) in [4.78, 5) is 0. The highest BCUT2D eigenvalue weighted by molar-refractivity contribution is 6.21. The van der Waals surface area contributed by atoms with Crippen molar-refractivity contribution < 1.29 is 0 Å². The first kappa shape index (κ1) is 14.9. The molecule has 1 aromatic carbocycles. The predicted molar refractivity (Wildman–Crippen MR) is 85.2 cm³/mol. The fraction of sp³-hybridized carbons (Fsp3) is 0.667. The van der Waals surface area contributed by atoms with Gasteiger partial charge in [-0.25, -0.2) is 0 Å². The Bertz CT molecular complexity index is 458. The molecule has 3 atom stereocenters. The lowest BCUT2D eigenvalue weighted by Gasteiger charge is -2.27. The Morgan fingerprint density at radius 3 is 1.74 bits per heavy atom. The minimum atomic E-state index is 0.190. The Morgan fingerprint density at radius 1 is 0.842 bits per heavy atom. The molecule has 1 fully saturated rings. The third-order valence-corrected chi connectivity index (χ3v) is 6.18. The zero-order chi connectivity index (χ0) is 14.3. The van der Waals surface area contributed by atoms with Crippen LogP contribution < -0.4 is 0 Å². The number of benzene rings is 1. The fourth-order valence-electron chi connectivity index (χ4n) is 3.77. The molecule has 0 aromatic heterocycles. The summed E-state index contributed by atoms with van der Waals surface area (Å²) < 4.78 is 0. The largest absolute Gasteiger partial charge is 0.117 e. The molecule has 1 aliphatic rings. The molecule has 0 amide bonds. The molecular weight excluding hydrogens is 252 g/mol. The number of alkyl halides is 1. The molecule has 0 bridgehead atoms. The maximum Gasteiger partial charge on any atom is 0.0621 e. The maximum atomic E-state index is 6.91. The summed E-state index contributed by atoms with van der Waals surface area (Å²) in [7, 11) is 0. The highest BCUT2D eigenvalue weighted by Crippen LogP contribution is 2.46. The van der Waals surface area contributed by atoms with E-state index in [9.17, 15) is 0 Å². The Labute approximate surface area is 123 Å². The smallest absolute Gasteiger partial charge is 0.0621 e. The third-order valence-electron chi connectivity index (χ3n) is 5.64. The van der Waals surface area contributed by atoms with Gasteiger partial charge in [0.15, 0.2) is 0 Å². The Hall–Kier alpha value is -0.490. The van der Waals surface area contributed by atoms with E-state index < -0.39 is 0 Å². The summed E-state index contributed by atoms with van der Waals surface area (Å²) in [5.74, 6) is 1.42. The van der Waals surface area contributed by atoms with Gasteiger partial charge in [-0.15, -0.1) is 11.6 Å². The van der Waals surface area contributed by atoms with Gasteiger partial charge in [0.05, 0.1) is 5.38 Å². The van der Waals surface area contributed by atoms with Gasteiger partial charge in [0.2, 0.25) is 0 Å². The summed E-state index contributed by atoms with van der Waals surface area (Å²) in [5, 5.41) is 0.190. The van der Waals surface area contributed by atoms with E-state index in [2.05, 4.69) is 41.5 Å². The number of halogens is 1. The first-order valence-corrected chi connectivity index (χ1v) is 8.00. The average molecular weight is 279 g/mol. The van der Waals surface area contributed by atoms with Crippen LogP contribution in [0.25, 0.3) is 0 Å². The van der Waals surface area contributed by atoms with Crippen molar-refractivity contribution in [2.24, 2.45) is 11.8 Å². The van der Waals surface area contributed by atoms with E-state index in [0.29, 0.717) is 5.92 Å². The van der Waals surface area contributed by atoms with Gasteiger partial charge in [-0.3, -0.25) is 0 Å². The molecular formula is C18H27Cl. The second-order valence-electron chi connectivity index (χ2n) is 6.51. The topological polar surface area (TPSA) is 0 Å². The lowest BCUT2D eigenvalue weighted by Crippen LogP contribution is -2.15. The molecule has 0 radical (unpaired) electrons. The lowest BCUT2D eigenvalue weighted by molar-refractivity contribution is 0.404. The average Bonchev–Trinajstić information content (AvgIpc) is 2.80. The standard InChI is InChI=1S/C18H27Cl/c1-10-8-7-9-16(10)18(19)17-14(5)12(3)11(2)13(4)15(17)6/h10,16,18H,7-9H2,1-6H3. The second-order valence-corrected chi connectivity index (χ2v) is 6.98. The summed E-state index contributed by atoms with van der Waals surface area (Å²) in [6.07, 6.45) is 3.98. The first-order valence-electron chi connectivity index (χ1n) is 7.57. The molecule has 0 saturated heterocycles. The molecule has 1 saturated carbocycles. The van der Waals surface area contributed by atoms with Crippen molar-refractivity contribution in [2.45, 2.75) is 66.2 Å². The van der Waals surface area contributed by atoms with Gasteiger partial charge in [0.25, 0.3) is 0 Å². The molecule has 1 aliphatic carbocycles. The predicted octanol–water partition coefficient (Wildman–Crippen LogP) is 5.94. The van der Waals surface area contributed by atoms with E-state index in [1.54, 1.807) is 0 Å². The first-order chi connectivity index (χ1) is 8.86. The van der Waals surface area contributed by atoms with Crippen LogP contribution in [0.5, 0.6) is 0 Å². The Kier molecular flexibility index (Phi) is 4.30. The SMILES string of the molecule is Cc1c(C)c(C)c(C(Cl)C2CCCC2C)c(C)c1C. The van der Waals surface area contributed by atoms with Crippen LogP contribution in [0.4, 0.5) is 0 Å². The van der Waals surface area contributed by atoms with Crippen molar-refractivity contribution in [1.29, 1.82) is 0 Å². The number of hydrogen-bond acceptors (Lipinski definition) is 0. The van der Waals surface area contributed by atoms with E-state index >= 15 is 0 Å². The zero-order valence-corrected chi connectivity index (χ0v) is 14.0. The molecule has 3 unspecified atom stereocenters. The van der Waals surface area contributed by atoms with Crippen LogP contribution in [0.15, 0.2) is 0 Å². The molecule has 1 aromatic rings. The van der Waals surface area contributed by atoms with E-state index in [1.807, 2.05) is 0 Å². The summed E-state index contributed by atoms with van der Waals surface area (Å²) in [6.45, 7) is 13.6. The minimum Gasteiger partial charge on any atom is -0.117 e. The zero-order valence-electron chi connectivity index (χ0n) is 13.2. The molecule has 0 spiro atoms. The Morgan fingerprint density at radius 2 is 1.32 bits per heavy atom. The molecule has 2 rings (SSSR count). The van der Waals surface area contributed by atoms with Crippen LogP contribution in [-0.4, -0.2) is 0 Å². The molecule has 1 heteroatoms. The van der Waals surface area contributed by atoms with Gasteiger partial charge in [0.1, 0.15) is 0 Å². The highest BCUT2D eigenvalue weighted by Gasteiger charge is 2.32. The molecule has 19 heavy (non-hydrogen) atoms. The third kappa shape index (κ3) is 2.44. The van der Waals surface area contributed by atoms with Crippen molar-refractivity contribution in [2.75, 3.05) is 0 Å². The Balaban J connectivity index is 2.50. The van der Waals surface area contributed by atoms with Gasteiger partial charge in [-0.2, -0.15) is 0 Å². The van der Waals surface area contributed by atoms with Crippen molar-refractivity contribution >= 4 is 11.6 Å². The molecule has 106 valence electrons. The van der Waals surface area contributed by atoms with Gasteiger partial charge in [-0.1, -0.05) is 19.8 Å². The maximum absolute atomic E-state index is 6.91. The van der Waals surface area contributed by atoms with Gasteiger partial charge in [-0.05, 0) is 86.3 Å². The van der Waals surface area contributed by atoms with Crippen LogP contribution >= 0.6 is 11.6 Å². The van der Waals surface area contributed by atoms with E-state index in [-0.39, 0.29) is 5.38 Å². The summed E-state index contributed by atoms with van der Waals surface area (Å²) in [6, 6.07) is 0. The van der Waals surface area contributed by atoms with E-state index in [1.165, 1.54) is 52.6 Å². The second kappa shape index (κ2) is 5.48. The van der Waals surface area contributed by atoms with Crippen LogP contribution in [0.3, 0.4) is 0 Å². The molecule has 0 N–H and O–H groups in total. The quantitative estimate of drug-likeness (QED) is 0.587. The summed E-state index contributed by atoms with van der Waals surface area (Å²) >= 11 is 6.91. The van der Waals surface area contributed by atoms with E-state index in [0.717, 1.165) is 5.92 Å². The van der Waals surface area contributed by atoms with Crippen molar-refractivity contribution in [3.05, 3.63) is 33.4 Å². The fourth-order valence-corrected chi connectivity index (χ4v) is 4.47. The van der Waals surface area contributed by atoms with Crippen LogP contribution in [0.2, 0.25) is 0 Å². The van der Waals surface area contributed by atoms with Crippen LogP contribution in [0.1, 0.15) is 64.9 Å². The number of rotatable bonds is 2. The van der Waals surface area contributed by atoms with E-state index in [4.69, 9.17) is 11.6 Å². The van der Waals surface area contributed by atoms with Crippen molar-refractivity contribution in [1.82, 2.24) is 0 Å². The van der Waals surface area contributed by atoms with Crippen LogP contribution in [0, 0.1) is 46.5 Å². The highest BCUT2D eigenvalue weighted by atomic mass is 35.5. The molecule has 0 nitrogen and oxygen atoms in total. The normalized spacial score (nSPS) is 24.8. The molecule has 0 heterocycles.